The first-order valence-corrected chi connectivity index (χ1v) is 9.52. The fourth-order valence-corrected chi connectivity index (χ4v) is 4.23. The molecular weight excluding hydrogens is 330 g/mol. The Hall–Kier alpha value is -2.16. The van der Waals surface area contributed by atoms with Gasteiger partial charge in [-0.05, 0) is 43.7 Å². The van der Waals surface area contributed by atoms with Crippen LogP contribution in [0.15, 0.2) is 30.3 Å². The van der Waals surface area contributed by atoms with Crippen LogP contribution < -0.4 is 4.90 Å². The van der Waals surface area contributed by atoms with Crippen molar-refractivity contribution in [1.29, 1.82) is 5.26 Å². The molecule has 0 atom stereocenters. The third kappa shape index (κ3) is 4.09. The van der Waals surface area contributed by atoms with Gasteiger partial charge in [0.15, 0.2) is 5.78 Å². The normalized spacial score (nSPS) is 15.2. The van der Waals surface area contributed by atoms with Crippen LogP contribution in [0.4, 0.5) is 5.69 Å². The first-order valence-electron chi connectivity index (χ1n) is 8.70. The lowest BCUT2D eigenvalue weighted by Crippen LogP contribution is -2.46. The highest BCUT2D eigenvalue weighted by Gasteiger charge is 2.21. The molecule has 2 heterocycles. The zero-order valence-corrected chi connectivity index (χ0v) is 15.6. The number of rotatable bonds is 5. The summed E-state index contributed by atoms with van der Waals surface area (Å²) in [5, 5.41) is 9.16. The molecule has 3 rings (SSSR count). The van der Waals surface area contributed by atoms with Crippen molar-refractivity contribution in [2.24, 2.45) is 0 Å². The second-order valence-electron chi connectivity index (χ2n) is 6.38. The topological polar surface area (TPSA) is 47.3 Å². The van der Waals surface area contributed by atoms with Gasteiger partial charge >= 0.3 is 0 Å². The lowest BCUT2D eigenvalue weighted by Gasteiger charge is -2.36. The molecule has 1 saturated heterocycles. The van der Waals surface area contributed by atoms with E-state index in [4.69, 9.17) is 5.26 Å². The largest absolute Gasteiger partial charge is 0.368 e. The van der Waals surface area contributed by atoms with Crippen LogP contribution in [0.3, 0.4) is 0 Å². The van der Waals surface area contributed by atoms with E-state index in [1.54, 1.807) is 19.1 Å². The molecule has 1 aromatic carbocycles. The number of hydrogen-bond acceptors (Lipinski definition) is 5. The molecule has 0 aliphatic carbocycles. The first kappa shape index (κ1) is 17.7. The van der Waals surface area contributed by atoms with Crippen molar-refractivity contribution in [3.63, 3.8) is 0 Å². The van der Waals surface area contributed by atoms with Crippen LogP contribution in [0.25, 0.3) is 0 Å². The van der Waals surface area contributed by atoms with Crippen molar-refractivity contribution in [3.8, 4) is 6.07 Å². The number of Topliss-reactive ketones (excluding diaryl/α,β-unsaturated/α-hetero) is 1. The van der Waals surface area contributed by atoms with Crippen molar-refractivity contribution in [1.82, 2.24) is 4.90 Å². The second kappa shape index (κ2) is 7.81. The first-order chi connectivity index (χ1) is 12.1. The minimum absolute atomic E-state index is 0.0487. The van der Waals surface area contributed by atoms with E-state index in [-0.39, 0.29) is 5.78 Å². The van der Waals surface area contributed by atoms with Crippen molar-refractivity contribution in [2.75, 3.05) is 31.1 Å². The van der Waals surface area contributed by atoms with E-state index in [0.717, 1.165) is 44.8 Å². The molecule has 0 saturated carbocycles. The van der Waals surface area contributed by atoms with E-state index in [1.165, 1.54) is 9.75 Å². The van der Waals surface area contributed by atoms with Crippen LogP contribution in [-0.4, -0.2) is 36.9 Å². The summed E-state index contributed by atoms with van der Waals surface area (Å²) in [6.07, 6.45) is 1.10. The average molecular weight is 353 g/mol. The zero-order valence-electron chi connectivity index (χ0n) is 14.8. The lowest BCUT2D eigenvalue weighted by molar-refractivity contribution is 0.101. The number of hydrogen-bond donors (Lipinski definition) is 0. The van der Waals surface area contributed by atoms with E-state index in [9.17, 15) is 4.79 Å². The van der Waals surface area contributed by atoms with Crippen LogP contribution in [0.1, 0.15) is 39.5 Å². The van der Waals surface area contributed by atoms with Gasteiger partial charge in [0.05, 0.1) is 11.6 Å². The molecule has 4 nitrogen and oxygen atoms in total. The lowest BCUT2D eigenvalue weighted by atomic mass is 10.0. The molecule has 1 aromatic heterocycles. The van der Waals surface area contributed by atoms with Gasteiger partial charge in [-0.2, -0.15) is 5.26 Å². The molecule has 25 heavy (non-hydrogen) atoms. The number of aryl methyl sites for hydroxylation is 1. The molecule has 0 spiro atoms. The molecule has 0 radical (unpaired) electrons. The summed E-state index contributed by atoms with van der Waals surface area (Å²) in [6.45, 7) is 8.46. The molecule has 0 bridgehead atoms. The van der Waals surface area contributed by atoms with E-state index >= 15 is 0 Å². The molecule has 2 aromatic rings. The quantitative estimate of drug-likeness (QED) is 0.769. The van der Waals surface area contributed by atoms with Crippen molar-refractivity contribution < 1.29 is 4.79 Å². The molecular formula is C20H23N3OS. The standard InChI is InChI=1S/C20H23N3OS/c1-3-17-5-6-18(25-17)14-22-8-10-23(11-9-22)20-12-16(13-21)4-7-19(20)15(2)24/h4-7,12H,3,8-11,14H2,1-2H3. The number of nitriles is 1. The Kier molecular flexibility index (Phi) is 5.52. The maximum atomic E-state index is 11.9. The Morgan fingerprint density at radius 3 is 2.48 bits per heavy atom. The van der Waals surface area contributed by atoms with E-state index in [0.29, 0.717) is 11.1 Å². The molecule has 0 unspecified atom stereocenters. The highest BCUT2D eigenvalue weighted by Crippen LogP contribution is 2.25. The summed E-state index contributed by atoms with van der Waals surface area (Å²) < 4.78 is 0. The van der Waals surface area contributed by atoms with Crippen LogP contribution in [0.2, 0.25) is 0 Å². The number of nitrogens with zero attached hydrogens (tertiary/aromatic N) is 3. The number of ketones is 1. The fraction of sp³-hybridized carbons (Fsp3) is 0.400. The summed E-state index contributed by atoms with van der Waals surface area (Å²) in [5.74, 6) is 0.0487. The van der Waals surface area contributed by atoms with Gasteiger partial charge < -0.3 is 4.90 Å². The number of anilines is 1. The smallest absolute Gasteiger partial charge is 0.161 e. The van der Waals surface area contributed by atoms with Crippen LogP contribution in [0.5, 0.6) is 0 Å². The van der Waals surface area contributed by atoms with Gasteiger partial charge in [0.1, 0.15) is 0 Å². The van der Waals surface area contributed by atoms with Gasteiger partial charge in [-0.25, -0.2) is 0 Å². The number of thiophene rings is 1. The Labute approximate surface area is 153 Å². The maximum absolute atomic E-state index is 11.9. The van der Waals surface area contributed by atoms with Crippen LogP contribution in [0, 0.1) is 11.3 Å². The Bertz CT molecular complexity index is 798. The zero-order chi connectivity index (χ0) is 17.8. The van der Waals surface area contributed by atoms with Crippen molar-refractivity contribution in [2.45, 2.75) is 26.8 Å². The summed E-state index contributed by atoms with van der Waals surface area (Å²) in [6, 6.07) is 12.0. The van der Waals surface area contributed by atoms with Gasteiger partial charge in [-0.3, -0.25) is 9.69 Å². The Balaban J connectivity index is 1.68. The van der Waals surface area contributed by atoms with Crippen LogP contribution >= 0.6 is 11.3 Å². The summed E-state index contributed by atoms with van der Waals surface area (Å²) in [5.41, 5.74) is 2.21. The van der Waals surface area contributed by atoms with Gasteiger partial charge in [-0.1, -0.05) is 6.92 Å². The van der Waals surface area contributed by atoms with E-state index < -0.39 is 0 Å². The SMILES string of the molecule is CCc1ccc(CN2CCN(c3cc(C#N)ccc3C(C)=O)CC2)s1. The van der Waals surface area contributed by atoms with Gasteiger partial charge in [0.2, 0.25) is 0 Å². The predicted octanol–water partition coefficient (Wildman–Crippen LogP) is 3.71. The number of benzene rings is 1. The average Bonchev–Trinajstić information content (AvgIpc) is 3.09. The maximum Gasteiger partial charge on any atom is 0.161 e. The molecule has 0 N–H and O–H groups in total. The number of carbonyl (C=O) groups is 1. The van der Waals surface area contributed by atoms with Gasteiger partial charge in [0, 0.05) is 53.7 Å². The second-order valence-corrected chi connectivity index (χ2v) is 7.64. The Morgan fingerprint density at radius 1 is 1.16 bits per heavy atom. The molecule has 1 aliphatic rings. The molecule has 1 fully saturated rings. The summed E-state index contributed by atoms with van der Waals surface area (Å²) in [4.78, 5) is 19.5. The van der Waals surface area contributed by atoms with Crippen LogP contribution in [-0.2, 0) is 13.0 Å². The molecule has 130 valence electrons. The minimum Gasteiger partial charge on any atom is -0.368 e. The third-order valence-corrected chi connectivity index (χ3v) is 5.88. The Morgan fingerprint density at radius 2 is 1.88 bits per heavy atom. The summed E-state index contributed by atoms with van der Waals surface area (Å²) >= 11 is 1.90. The minimum atomic E-state index is 0.0487. The monoisotopic (exact) mass is 353 g/mol. The van der Waals surface area contributed by atoms with Crippen molar-refractivity contribution in [3.05, 3.63) is 51.2 Å². The molecule has 5 heteroatoms. The highest BCUT2D eigenvalue weighted by atomic mass is 32.1. The molecule has 1 aliphatic heterocycles. The predicted molar refractivity (Wildman–Crippen MR) is 102 cm³/mol. The van der Waals surface area contributed by atoms with Crippen molar-refractivity contribution >= 4 is 22.8 Å². The van der Waals surface area contributed by atoms with Gasteiger partial charge in [0.25, 0.3) is 0 Å². The number of carbonyl (C=O) groups excluding carboxylic acids is 1. The highest BCUT2D eigenvalue weighted by molar-refractivity contribution is 7.11. The van der Waals surface area contributed by atoms with E-state index in [2.05, 4.69) is 34.9 Å². The fourth-order valence-electron chi connectivity index (χ4n) is 3.23. The summed E-state index contributed by atoms with van der Waals surface area (Å²) in [7, 11) is 0. The number of piperazine rings is 1. The third-order valence-electron chi connectivity index (χ3n) is 4.66. The molecule has 0 amide bonds. The van der Waals surface area contributed by atoms with E-state index in [1.807, 2.05) is 17.4 Å². The van der Waals surface area contributed by atoms with Gasteiger partial charge in [-0.15, -0.1) is 11.3 Å².